The molecule has 4 heteroatoms. The third-order valence-corrected chi connectivity index (χ3v) is 4.91. The summed E-state index contributed by atoms with van der Waals surface area (Å²) in [5.74, 6) is 0.704. The maximum absolute atomic E-state index is 6.29. The van der Waals surface area contributed by atoms with Crippen molar-refractivity contribution < 1.29 is 0 Å². The van der Waals surface area contributed by atoms with Crippen LogP contribution in [0.1, 0.15) is 33.1 Å². The second-order valence-corrected chi connectivity index (χ2v) is 7.08. The molecule has 0 amide bonds. The molecule has 112 valence electrons. The standard InChI is InChI=1S/C16H24BrClN2/c1-3-8-20-9-4-5-13(11-20)12(2)19-16-7-6-14(17)10-15(16)18/h6-7,10,12-13,19H,3-5,8-9,11H2,1-2H3. The Morgan fingerprint density at radius 2 is 2.30 bits per heavy atom. The molecule has 1 aliphatic heterocycles. The van der Waals surface area contributed by atoms with Gasteiger partial charge in [-0.2, -0.15) is 0 Å². The lowest BCUT2D eigenvalue weighted by atomic mass is 9.91. The van der Waals surface area contributed by atoms with E-state index >= 15 is 0 Å². The van der Waals surface area contributed by atoms with Gasteiger partial charge in [0, 0.05) is 17.1 Å². The summed E-state index contributed by atoms with van der Waals surface area (Å²) in [5, 5.41) is 4.37. The first-order valence-electron chi connectivity index (χ1n) is 7.54. The number of rotatable bonds is 5. The molecule has 1 heterocycles. The zero-order valence-corrected chi connectivity index (χ0v) is 14.7. The molecule has 0 aromatic heterocycles. The molecule has 1 saturated heterocycles. The average Bonchev–Trinajstić information content (AvgIpc) is 2.42. The zero-order chi connectivity index (χ0) is 14.5. The number of benzene rings is 1. The monoisotopic (exact) mass is 358 g/mol. The van der Waals surface area contributed by atoms with Gasteiger partial charge in [-0.25, -0.2) is 0 Å². The minimum atomic E-state index is 0.452. The lowest BCUT2D eigenvalue weighted by Crippen LogP contribution is -2.42. The highest BCUT2D eigenvalue weighted by atomic mass is 79.9. The number of halogens is 2. The van der Waals surface area contributed by atoms with Gasteiger partial charge >= 0.3 is 0 Å². The Bertz CT molecular complexity index is 436. The maximum atomic E-state index is 6.29. The summed E-state index contributed by atoms with van der Waals surface area (Å²) in [5.41, 5.74) is 1.04. The number of nitrogens with one attached hydrogen (secondary N) is 1. The van der Waals surface area contributed by atoms with Crippen molar-refractivity contribution >= 4 is 33.2 Å². The minimum absolute atomic E-state index is 0.452. The summed E-state index contributed by atoms with van der Waals surface area (Å²) in [7, 11) is 0. The van der Waals surface area contributed by atoms with Crippen LogP contribution in [0.15, 0.2) is 22.7 Å². The van der Waals surface area contributed by atoms with E-state index in [0.717, 1.165) is 15.2 Å². The van der Waals surface area contributed by atoms with Gasteiger partial charge in [0.15, 0.2) is 0 Å². The van der Waals surface area contributed by atoms with Gasteiger partial charge in [-0.3, -0.25) is 0 Å². The Morgan fingerprint density at radius 3 is 3.00 bits per heavy atom. The maximum Gasteiger partial charge on any atom is 0.0648 e. The fourth-order valence-electron chi connectivity index (χ4n) is 2.99. The van der Waals surface area contributed by atoms with Crippen molar-refractivity contribution in [2.45, 2.75) is 39.2 Å². The van der Waals surface area contributed by atoms with Crippen LogP contribution in [0.5, 0.6) is 0 Å². The number of anilines is 1. The molecule has 2 unspecified atom stereocenters. The van der Waals surface area contributed by atoms with Crippen molar-refractivity contribution in [3.8, 4) is 0 Å². The van der Waals surface area contributed by atoms with E-state index in [4.69, 9.17) is 11.6 Å². The first-order valence-corrected chi connectivity index (χ1v) is 8.71. The van der Waals surface area contributed by atoms with Gasteiger partial charge in [0.25, 0.3) is 0 Å². The summed E-state index contributed by atoms with van der Waals surface area (Å²) in [6, 6.07) is 6.48. The molecule has 1 aromatic rings. The number of piperidine rings is 1. The van der Waals surface area contributed by atoms with E-state index in [-0.39, 0.29) is 0 Å². The van der Waals surface area contributed by atoms with Crippen molar-refractivity contribution in [2.24, 2.45) is 5.92 Å². The van der Waals surface area contributed by atoms with E-state index in [0.29, 0.717) is 12.0 Å². The quantitative estimate of drug-likeness (QED) is 0.793. The molecule has 2 atom stereocenters. The first kappa shape index (κ1) is 16.1. The van der Waals surface area contributed by atoms with E-state index in [1.54, 1.807) is 0 Å². The average molecular weight is 360 g/mol. The molecule has 0 radical (unpaired) electrons. The third-order valence-electron chi connectivity index (χ3n) is 4.10. The van der Waals surface area contributed by atoms with E-state index in [1.807, 2.05) is 12.1 Å². The first-order chi connectivity index (χ1) is 9.60. The molecule has 0 saturated carbocycles. The van der Waals surface area contributed by atoms with Crippen molar-refractivity contribution in [2.75, 3.05) is 25.0 Å². The normalized spacial score (nSPS) is 21.7. The van der Waals surface area contributed by atoms with E-state index in [2.05, 4.69) is 46.1 Å². The number of hydrogen-bond acceptors (Lipinski definition) is 2. The highest BCUT2D eigenvalue weighted by Gasteiger charge is 2.24. The molecule has 1 N–H and O–H groups in total. The van der Waals surface area contributed by atoms with Crippen LogP contribution in [0.3, 0.4) is 0 Å². The molecular formula is C16H24BrClN2. The van der Waals surface area contributed by atoms with Gasteiger partial charge in [-0.15, -0.1) is 0 Å². The van der Waals surface area contributed by atoms with E-state index in [9.17, 15) is 0 Å². The van der Waals surface area contributed by atoms with E-state index in [1.165, 1.54) is 38.9 Å². The van der Waals surface area contributed by atoms with Crippen molar-refractivity contribution in [3.05, 3.63) is 27.7 Å². The molecule has 2 nitrogen and oxygen atoms in total. The van der Waals surface area contributed by atoms with Crippen LogP contribution in [0.4, 0.5) is 5.69 Å². The summed E-state index contributed by atoms with van der Waals surface area (Å²) in [6.07, 6.45) is 3.86. The van der Waals surface area contributed by atoms with Crippen LogP contribution in [-0.4, -0.2) is 30.6 Å². The molecule has 1 aromatic carbocycles. The second kappa shape index (κ2) is 7.67. The molecule has 0 aliphatic carbocycles. The molecule has 0 bridgehead atoms. The Morgan fingerprint density at radius 1 is 1.50 bits per heavy atom. The lowest BCUT2D eigenvalue weighted by Gasteiger charge is -2.36. The van der Waals surface area contributed by atoms with Crippen molar-refractivity contribution in [1.29, 1.82) is 0 Å². The van der Waals surface area contributed by atoms with Gasteiger partial charge in [0.05, 0.1) is 10.7 Å². The van der Waals surface area contributed by atoms with Crippen LogP contribution >= 0.6 is 27.5 Å². The predicted molar refractivity (Wildman–Crippen MR) is 91.7 cm³/mol. The predicted octanol–water partition coefficient (Wildman–Crippen LogP) is 5.02. The topological polar surface area (TPSA) is 15.3 Å². The third kappa shape index (κ3) is 4.37. The van der Waals surface area contributed by atoms with Gasteiger partial charge in [-0.05, 0) is 63.4 Å². The molecule has 0 spiro atoms. The second-order valence-electron chi connectivity index (χ2n) is 5.76. The highest BCUT2D eigenvalue weighted by molar-refractivity contribution is 9.10. The largest absolute Gasteiger partial charge is 0.381 e. The van der Waals surface area contributed by atoms with Crippen LogP contribution in [-0.2, 0) is 0 Å². The Kier molecular flexibility index (Phi) is 6.19. The van der Waals surface area contributed by atoms with Crippen LogP contribution in [0.25, 0.3) is 0 Å². The molecule has 2 rings (SSSR count). The minimum Gasteiger partial charge on any atom is -0.381 e. The summed E-state index contributed by atoms with van der Waals surface area (Å²) >= 11 is 9.73. The Balaban J connectivity index is 1.95. The van der Waals surface area contributed by atoms with Crippen LogP contribution in [0, 0.1) is 5.92 Å². The lowest BCUT2D eigenvalue weighted by molar-refractivity contribution is 0.165. The fraction of sp³-hybridized carbons (Fsp3) is 0.625. The summed E-state index contributed by atoms with van der Waals surface area (Å²) < 4.78 is 1.02. The van der Waals surface area contributed by atoms with Crippen molar-refractivity contribution in [1.82, 2.24) is 4.90 Å². The summed E-state index contributed by atoms with van der Waals surface area (Å²) in [6.45, 7) is 8.22. The number of likely N-dealkylation sites (tertiary alicyclic amines) is 1. The highest BCUT2D eigenvalue weighted by Crippen LogP contribution is 2.28. The van der Waals surface area contributed by atoms with Crippen LogP contribution < -0.4 is 5.32 Å². The Labute approximate surface area is 136 Å². The fourth-order valence-corrected chi connectivity index (χ4v) is 3.72. The smallest absolute Gasteiger partial charge is 0.0648 e. The van der Waals surface area contributed by atoms with Gasteiger partial charge in [0.2, 0.25) is 0 Å². The van der Waals surface area contributed by atoms with Gasteiger partial charge in [0.1, 0.15) is 0 Å². The molecule has 20 heavy (non-hydrogen) atoms. The van der Waals surface area contributed by atoms with Gasteiger partial charge < -0.3 is 10.2 Å². The molecular weight excluding hydrogens is 336 g/mol. The Hall–Kier alpha value is -0.250. The SMILES string of the molecule is CCCN1CCCC(C(C)Nc2ccc(Br)cc2Cl)C1. The summed E-state index contributed by atoms with van der Waals surface area (Å²) in [4.78, 5) is 2.59. The number of nitrogens with zero attached hydrogens (tertiary/aromatic N) is 1. The van der Waals surface area contributed by atoms with Gasteiger partial charge in [-0.1, -0.05) is 34.5 Å². The molecule has 1 fully saturated rings. The number of hydrogen-bond donors (Lipinski definition) is 1. The molecule has 1 aliphatic rings. The van der Waals surface area contributed by atoms with E-state index < -0.39 is 0 Å². The van der Waals surface area contributed by atoms with Crippen molar-refractivity contribution in [3.63, 3.8) is 0 Å². The van der Waals surface area contributed by atoms with Crippen LogP contribution in [0.2, 0.25) is 5.02 Å². The zero-order valence-electron chi connectivity index (χ0n) is 12.3.